The zero-order valence-corrected chi connectivity index (χ0v) is 14.7. The molecule has 1 aromatic carbocycles. The van der Waals surface area contributed by atoms with Crippen LogP contribution in [0.1, 0.15) is 45.1 Å². The lowest BCUT2D eigenvalue weighted by atomic mass is 9.78. The van der Waals surface area contributed by atoms with E-state index in [9.17, 15) is 9.59 Å². The molecule has 4 heteroatoms. The molecule has 130 valence electrons. The van der Waals surface area contributed by atoms with E-state index in [1.165, 1.54) is 12.8 Å². The van der Waals surface area contributed by atoms with Crippen LogP contribution in [0, 0.1) is 17.8 Å². The average Bonchev–Trinajstić information content (AvgIpc) is 2.94. The number of carbonyl (C=O) groups excluding carboxylic acids is 2. The Morgan fingerprint density at radius 3 is 2.71 bits per heavy atom. The van der Waals surface area contributed by atoms with E-state index < -0.39 is 0 Å². The third kappa shape index (κ3) is 3.80. The third-order valence-electron chi connectivity index (χ3n) is 5.84. The predicted octanol–water partition coefficient (Wildman–Crippen LogP) is 2.98. The highest BCUT2D eigenvalue weighted by Gasteiger charge is 2.36. The monoisotopic (exact) mass is 328 g/mol. The van der Waals surface area contributed by atoms with Crippen LogP contribution in [0.4, 0.5) is 0 Å². The van der Waals surface area contributed by atoms with Crippen molar-refractivity contribution in [3.8, 4) is 0 Å². The van der Waals surface area contributed by atoms with E-state index in [0.717, 1.165) is 12.0 Å². The second-order valence-electron chi connectivity index (χ2n) is 7.54. The van der Waals surface area contributed by atoms with E-state index in [-0.39, 0.29) is 23.8 Å². The molecule has 4 nitrogen and oxygen atoms in total. The maximum absolute atomic E-state index is 12.6. The second kappa shape index (κ2) is 7.37. The number of carbonyl (C=O) groups is 2. The largest absolute Gasteiger partial charge is 0.353 e. The molecule has 1 aliphatic carbocycles. The molecule has 2 fully saturated rings. The average molecular weight is 328 g/mol. The fourth-order valence-corrected chi connectivity index (χ4v) is 3.99. The molecule has 1 aliphatic heterocycles. The molecule has 2 aliphatic rings. The molecule has 1 N–H and O–H groups in total. The molecule has 4 atom stereocenters. The van der Waals surface area contributed by atoms with Crippen LogP contribution in [-0.4, -0.2) is 29.3 Å². The van der Waals surface area contributed by atoms with Crippen molar-refractivity contribution in [2.75, 3.05) is 6.54 Å². The molecule has 0 aromatic heterocycles. The Labute approximate surface area is 144 Å². The minimum atomic E-state index is -0.203. The fourth-order valence-electron chi connectivity index (χ4n) is 3.99. The topological polar surface area (TPSA) is 49.4 Å². The Morgan fingerprint density at radius 2 is 1.96 bits per heavy atom. The normalized spacial score (nSPS) is 30.4. The first kappa shape index (κ1) is 17.0. The molecule has 1 aromatic rings. The predicted molar refractivity (Wildman–Crippen MR) is 94.1 cm³/mol. The van der Waals surface area contributed by atoms with Crippen molar-refractivity contribution in [3.05, 3.63) is 35.9 Å². The van der Waals surface area contributed by atoms with Gasteiger partial charge in [-0.1, -0.05) is 57.0 Å². The summed E-state index contributed by atoms with van der Waals surface area (Å²) in [6.07, 6.45) is 3.83. The van der Waals surface area contributed by atoms with Crippen molar-refractivity contribution in [3.63, 3.8) is 0 Å². The summed E-state index contributed by atoms with van der Waals surface area (Å²) in [5.41, 5.74) is 1.11. The Morgan fingerprint density at radius 1 is 1.21 bits per heavy atom. The molecule has 3 rings (SSSR count). The van der Waals surface area contributed by atoms with Gasteiger partial charge in [-0.25, -0.2) is 0 Å². The zero-order chi connectivity index (χ0) is 17.1. The van der Waals surface area contributed by atoms with Crippen molar-refractivity contribution in [1.29, 1.82) is 0 Å². The van der Waals surface area contributed by atoms with Crippen molar-refractivity contribution in [2.24, 2.45) is 17.8 Å². The SMILES string of the molecule is C[C@@H]1[C@H](C)CCC[C@@H]1NC(=O)[C@@H]1CC(=O)N(Cc2ccccc2)C1. The van der Waals surface area contributed by atoms with Crippen molar-refractivity contribution in [2.45, 2.75) is 52.1 Å². The maximum Gasteiger partial charge on any atom is 0.225 e. The van der Waals surface area contributed by atoms with E-state index in [2.05, 4.69) is 19.2 Å². The van der Waals surface area contributed by atoms with Gasteiger partial charge in [0, 0.05) is 25.6 Å². The fraction of sp³-hybridized carbons (Fsp3) is 0.600. The van der Waals surface area contributed by atoms with Crippen LogP contribution in [0.2, 0.25) is 0 Å². The lowest BCUT2D eigenvalue weighted by molar-refractivity contribution is -0.129. The van der Waals surface area contributed by atoms with Crippen LogP contribution in [0.15, 0.2) is 30.3 Å². The summed E-state index contributed by atoms with van der Waals surface area (Å²) >= 11 is 0. The molecule has 0 spiro atoms. The number of benzene rings is 1. The lowest BCUT2D eigenvalue weighted by Crippen LogP contribution is -2.46. The number of rotatable bonds is 4. The number of hydrogen-bond acceptors (Lipinski definition) is 2. The molecular formula is C20H28N2O2. The number of nitrogens with zero attached hydrogens (tertiary/aromatic N) is 1. The van der Waals surface area contributed by atoms with Gasteiger partial charge in [0.1, 0.15) is 0 Å². The van der Waals surface area contributed by atoms with Gasteiger partial charge in [-0.15, -0.1) is 0 Å². The molecule has 0 unspecified atom stereocenters. The Kier molecular flexibility index (Phi) is 5.22. The van der Waals surface area contributed by atoms with Crippen LogP contribution in [0.3, 0.4) is 0 Å². The lowest BCUT2D eigenvalue weighted by Gasteiger charge is -2.35. The first-order valence-corrected chi connectivity index (χ1v) is 9.16. The van der Waals surface area contributed by atoms with Crippen LogP contribution in [0.5, 0.6) is 0 Å². The molecule has 1 heterocycles. The molecule has 2 amide bonds. The Hall–Kier alpha value is -1.84. The zero-order valence-electron chi connectivity index (χ0n) is 14.7. The van der Waals surface area contributed by atoms with E-state index in [4.69, 9.17) is 0 Å². The van der Waals surface area contributed by atoms with Gasteiger partial charge >= 0.3 is 0 Å². The smallest absolute Gasteiger partial charge is 0.225 e. The third-order valence-corrected chi connectivity index (χ3v) is 5.84. The van der Waals surface area contributed by atoms with E-state index in [0.29, 0.717) is 31.3 Å². The maximum atomic E-state index is 12.6. The van der Waals surface area contributed by atoms with Crippen LogP contribution in [-0.2, 0) is 16.1 Å². The first-order valence-electron chi connectivity index (χ1n) is 9.16. The second-order valence-corrected chi connectivity index (χ2v) is 7.54. The van der Waals surface area contributed by atoms with E-state index >= 15 is 0 Å². The molecule has 24 heavy (non-hydrogen) atoms. The van der Waals surface area contributed by atoms with E-state index in [1.807, 2.05) is 35.2 Å². The van der Waals surface area contributed by atoms with Crippen molar-refractivity contribution < 1.29 is 9.59 Å². The van der Waals surface area contributed by atoms with Gasteiger partial charge in [0.15, 0.2) is 0 Å². The summed E-state index contributed by atoms with van der Waals surface area (Å²) in [6, 6.07) is 10.2. The van der Waals surface area contributed by atoms with Crippen LogP contribution >= 0.6 is 0 Å². The van der Waals surface area contributed by atoms with Gasteiger partial charge in [0.05, 0.1) is 5.92 Å². The van der Waals surface area contributed by atoms with E-state index in [1.54, 1.807) is 0 Å². The summed E-state index contributed by atoms with van der Waals surface area (Å²) < 4.78 is 0. The highest BCUT2D eigenvalue weighted by molar-refractivity contribution is 5.89. The van der Waals surface area contributed by atoms with Crippen molar-refractivity contribution >= 4 is 11.8 Å². The summed E-state index contributed by atoms with van der Waals surface area (Å²) in [7, 11) is 0. The quantitative estimate of drug-likeness (QED) is 0.924. The molecule has 1 saturated heterocycles. The summed E-state index contributed by atoms with van der Waals surface area (Å²) in [4.78, 5) is 26.7. The van der Waals surface area contributed by atoms with Gasteiger partial charge in [-0.3, -0.25) is 9.59 Å². The molecule has 1 saturated carbocycles. The molecule has 0 bridgehead atoms. The van der Waals surface area contributed by atoms with Gasteiger partial charge in [0.2, 0.25) is 11.8 Å². The van der Waals surface area contributed by atoms with Gasteiger partial charge in [-0.2, -0.15) is 0 Å². The number of likely N-dealkylation sites (tertiary alicyclic amines) is 1. The standard InChI is InChI=1S/C20H28N2O2/c1-14-7-6-10-18(15(14)2)21-20(24)17-11-19(23)22(13-17)12-16-8-4-3-5-9-16/h3-5,8-9,14-15,17-18H,6-7,10-13H2,1-2H3,(H,21,24)/t14-,15-,17-,18+/m1/s1. The van der Waals surface area contributed by atoms with Gasteiger partial charge in [-0.05, 0) is 23.8 Å². The Bertz CT molecular complexity index is 587. The van der Waals surface area contributed by atoms with Crippen LogP contribution < -0.4 is 5.32 Å². The van der Waals surface area contributed by atoms with Crippen LogP contribution in [0.25, 0.3) is 0 Å². The van der Waals surface area contributed by atoms with Gasteiger partial charge in [0.25, 0.3) is 0 Å². The molecule has 0 radical (unpaired) electrons. The van der Waals surface area contributed by atoms with Crippen molar-refractivity contribution in [1.82, 2.24) is 10.2 Å². The Balaban J connectivity index is 1.56. The first-order chi connectivity index (χ1) is 11.5. The summed E-state index contributed by atoms with van der Waals surface area (Å²) in [6.45, 7) is 5.64. The number of nitrogens with one attached hydrogen (secondary N) is 1. The highest BCUT2D eigenvalue weighted by Crippen LogP contribution is 2.30. The number of hydrogen-bond donors (Lipinski definition) is 1. The summed E-state index contributed by atoms with van der Waals surface area (Å²) in [5, 5.41) is 3.23. The minimum Gasteiger partial charge on any atom is -0.353 e. The highest BCUT2D eigenvalue weighted by atomic mass is 16.2. The minimum absolute atomic E-state index is 0.0601. The number of amides is 2. The summed E-state index contributed by atoms with van der Waals surface area (Å²) in [5.74, 6) is 1.11. The molecular weight excluding hydrogens is 300 g/mol. The van der Waals surface area contributed by atoms with Gasteiger partial charge < -0.3 is 10.2 Å².